The first-order valence-corrected chi connectivity index (χ1v) is 6.71. The molecular formula is C14H24N2O. The summed E-state index contributed by atoms with van der Waals surface area (Å²) in [7, 11) is 0. The Hall–Kier alpha value is -0.800. The molecule has 96 valence electrons. The second-order valence-electron chi connectivity index (χ2n) is 5.18. The number of hydrogen-bond donors (Lipinski definition) is 1. The molecule has 0 radical (unpaired) electrons. The molecule has 0 aliphatic carbocycles. The monoisotopic (exact) mass is 236 g/mol. The first-order chi connectivity index (χ1) is 8.19. The molecule has 1 aliphatic heterocycles. The van der Waals surface area contributed by atoms with Crippen molar-refractivity contribution in [1.29, 1.82) is 0 Å². The summed E-state index contributed by atoms with van der Waals surface area (Å²) in [6.07, 6.45) is 2.51. The first kappa shape index (κ1) is 12.7. The predicted octanol–water partition coefficient (Wildman–Crippen LogP) is 2.55. The zero-order valence-electron chi connectivity index (χ0n) is 11.2. The third-order valence-corrected chi connectivity index (χ3v) is 3.57. The van der Waals surface area contributed by atoms with Crippen molar-refractivity contribution in [3.05, 3.63) is 23.7 Å². The van der Waals surface area contributed by atoms with E-state index in [2.05, 4.69) is 30.1 Å². The molecule has 0 bridgehead atoms. The zero-order valence-corrected chi connectivity index (χ0v) is 11.2. The summed E-state index contributed by atoms with van der Waals surface area (Å²) in [4.78, 5) is 2.52. The van der Waals surface area contributed by atoms with Gasteiger partial charge >= 0.3 is 0 Å². The quantitative estimate of drug-likeness (QED) is 0.871. The molecule has 1 aromatic rings. The molecule has 2 rings (SSSR count). The van der Waals surface area contributed by atoms with Crippen molar-refractivity contribution in [2.75, 3.05) is 13.1 Å². The van der Waals surface area contributed by atoms with Crippen LogP contribution in [-0.4, -0.2) is 30.1 Å². The highest BCUT2D eigenvalue weighted by Crippen LogP contribution is 2.16. The maximum atomic E-state index is 5.67. The number of furan rings is 1. The van der Waals surface area contributed by atoms with E-state index in [0.29, 0.717) is 12.1 Å². The SMILES string of the molecule is CCCC1CN(Cc2ccc(C)o2)C(C)CN1. The van der Waals surface area contributed by atoms with Gasteiger partial charge in [-0.1, -0.05) is 13.3 Å². The Morgan fingerprint density at radius 1 is 1.47 bits per heavy atom. The molecule has 1 N–H and O–H groups in total. The lowest BCUT2D eigenvalue weighted by atomic mass is 10.1. The Morgan fingerprint density at radius 3 is 2.94 bits per heavy atom. The van der Waals surface area contributed by atoms with Gasteiger partial charge in [0.2, 0.25) is 0 Å². The molecule has 0 saturated carbocycles. The van der Waals surface area contributed by atoms with E-state index in [9.17, 15) is 0 Å². The highest BCUT2D eigenvalue weighted by Gasteiger charge is 2.24. The molecule has 2 atom stereocenters. The highest BCUT2D eigenvalue weighted by molar-refractivity contribution is 5.06. The Morgan fingerprint density at radius 2 is 2.29 bits per heavy atom. The lowest BCUT2D eigenvalue weighted by Crippen LogP contribution is -2.54. The van der Waals surface area contributed by atoms with Gasteiger partial charge in [-0.25, -0.2) is 0 Å². The van der Waals surface area contributed by atoms with Crippen LogP contribution in [0.2, 0.25) is 0 Å². The van der Waals surface area contributed by atoms with E-state index in [4.69, 9.17) is 4.42 Å². The van der Waals surface area contributed by atoms with Crippen LogP contribution in [0.3, 0.4) is 0 Å². The summed E-state index contributed by atoms with van der Waals surface area (Å²) in [5.74, 6) is 2.10. The van der Waals surface area contributed by atoms with Crippen molar-refractivity contribution in [1.82, 2.24) is 10.2 Å². The lowest BCUT2D eigenvalue weighted by molar-refractivity contribution is 0.120. The average molecular weight is 236 g/mol. The van der Waals surface area contributed by atoms with Gasteiger partial charge in [-0.05, 0) is 32.4 Å². The van der Waals surface area contributed by atoms with Crippen molar-refractivity contribution >= 4 is 0 Å². The van der Waals surface area contributed by atoms with Gasteiger partial charge < -0.3 is 9.73 Å². The first-order valence-electron chi connectivity index (χ1n) is 6.71. The number of aryl methyl sites for hydroxylation is 1. The Labute approximate surface area is 104 Å². The molecule has 0 amide bonds. The topological polar surface area (TPSA) is 28.4 Å². The summed E-state index contributed by atoms with van der Waals surface area (Å²) in [5.41, 5.74) is 0. The van der Waals surface area contributed by atoms with Crippen LogP contribution in [0.1, 0.15) is 38.2 Å². The third kappa shape index (κ3) is 3.33. The normalized spacial score (nSPS) is 26.3. The third-order valence-electron chi connectivity index (χ3n) is 3.57. The number of nitrogens with zero attached hydrogens (tertiary/aromatic N) is 1. The van der Waals surface area contributed by atoms with Crippen LogP contribution >= 0.6 is 0 Å². The maximum Gasteiger partial charge on any atom is 0.118 e. The molecule has 3 nitrogen and oxygen atoms in total. The number of rotatable bonds is 4. The minimum absolute atomic E-state index is 0.591. The van der Waals surface area contributed by atoms with Crippen LogP contribution in [-0.2, 0) is 6.54 Å². The van der Waals surface area contributed by atoms with E-state index in [0.717, 1.165) is 31.2 Å². The summed E-state index contributed by atoms with van der Waals surface area (Å²) < 4.78 is 5.67. The Bertz CT molecular complexity index is 348. The largest absolute Gasteiger partial charge is 0.465 e. The molecule has 1 aliphatic rings. The van der Waals surface area contributed by atoms with Gasteiger partial charge in [0.15, 0.2) is 0 Å². The summed E-state index contributed by atoms with van der Waals surface area (Å²) >= 11 is 0. The molecule has 1 fully saturated rings. The van der Waals surface area contributed by atoms with Crippen LogP contribution in [0.25, 0.3) is 0 Å². The summed E-state index contributed by atoms with van der Waals surface area (Å²) in [6, 6.07) is 5.38. The van der Waals surface area contributed by atoms with E-state index in [-0.39, 0.29) is 0 Å². The predicted molar refractivity (Wildman–Crippen MR) is 70.0 cm³/mol. The minimum Gasteiger partial charge on any atom is -0.465 e. The van der Waals surface area contributed by atoms with Gasteiger partial charge in [0.05, 0.1) is 6.54 Å². The van der Waals surface area contributed by atoms with Crippen molar-refractivity contribution in [2.24, 2.45) is 0 Å². The van der Waals surface area contributed by atoms with Gasteiger partial charge in [-0.3, -0.25) is 4.90 Å². The van der Waals surface area contributed by atoms with Gasteiger partial charge in [0.25, 0.3) is 0 Å². The smallest absolute Gasteiger partial charge is 0.118 e. The molecule has 2 unspecified atom stereocenters. The molecule has 0 spiro atoms. The van der Waals surface area contributed by atoms with E-state index in [1.54, 1.807) is 0 Å². The molecule has 3 heteroatoms. The standard InChI is InChI=1S/C14H24N2O/c1-4-5-13-9-16(11(2)8-15-13)10-14-7-6-12(3)17-14/h6-7,11,13,15H,4-5,8-10H2,1-3H3. The number of piperazine rings is 1. The molecule has 17 heavy (non-hydrogen) atoms. The second-order valence-corrected chi connectivity index (χ2v) is 5.18. The molecule has 1 aromatic heterocycles. The fourth-order valence-corrected chi connectivity index (χ4v) is 2.53. The highest BCUT2D eigenvalue weighted by atomic mass is 16.3. The van der Waals surface area contributed by atoms with Crippen LogP contribution in [0.4, 0.5) is 0 Å². The van der Waals surface area contributed by atoms with Crippen molar-refractivity contribution in [2.45, 2.75) is 52.2 Å². The van der Waals surface area contributed by atoms with Gasteiger partial charge in [-0.15, -0.1) is 0 Å². The minimum atomic E-state index is 0.591. The zero-order chi connectivity index (χ0) is 12.3. The van der Waals surface area contributed by atoms with Crippen LogP contribution in [0, 0.1) is 6.92 Å². The van der Waals surface area contributed by atoms with Crippen molar-refractivity contribution < 1.29 is 4.42 Å². The summed E-state index contributed by atoms with van der Waals surface area (Å²) in [5, 5.41) is 3.62. The van der Waals surface area contributed by atoms with Crippen LogP contribution in [0.15, 0.2) is 16.5 Å². The van der Waals surface area contributed by atoms with Crippen LogP contribution in [0.5, 0.6) is 0 Å². The van der Waals surface area contributed by atoms with Gasteiger partial charge in [0.1, 0.15) is 11.5 Å². The molecule has 2 heterocycles. The van der Waals surface area contributed by atoms with E-state index in [1.807, 2.05) is 13.0 Å². The molecule has 0 aromatic carbocycles. The lowest BCUT2D eigenvalue weighted by Gasteiger charge is -2.38. The number of nitrogens with one attached hydrogen (secondary N) is 1. The van der Waals surface area contributed by atoms with E-state index in [1.165, 1.54) is 12.8 Å². The summed E-state index contributed by atoms with van der Waals surface area (Å²) in [6.45, 7) is 9.70. The Balaban J connectivity index is 1.93. The number of hydrogen-bond acceptors (Lipinski definition) is 3. The second kappa shape index (κ2) is 5.69. The molecule has 1 saturated heterocycles. The van der Waals surface area contributed by atoms with E-state index < -0.39 is 0 Å². The Kier molecular flexibility index (Phi) is 4.24. The van der Waals surface area contributed by atoms with Crippen molar-refractivity contribution in [3.63, 3.8) is 0 Å². The van der Waals surface area contributed by atoms with Crippen molar-refractivity contribution in [3.8, 4) is 0 Å². The fourth-order valence-electron chi connectivity index (χ4n) is 2.53. The maximum absolute atomic E-state index is 5.67. The molecular weight excluding hydrogens is 212 g/mol. The van der Waals surface area contributed by atoms with Gasteiger partial charge in [0, 0.05) is 25.2 Å². The van der Waals surface area contributed by atoms with E-state index >= 15 is 0 Å². The van der Waals surface area contributed by atoms with Gasteiger partial charge in [-0.2, -0.15) is 0 Å². The average Bonchev–Trinajstić information content (AvgIpc) is 2.69. The van der Waals surface area contributed by atoms with Crippen LogP contribution < -0.4 is 5.32 Å². The fraction of sp³-hybridized carbons (Fsp3) is 0.714.